The molecule has 20 heavy (non-hydrogen) atoms. The minimum atomic E-state index is 0.220. The van der Waals surface area contributed by atoms with Gasteiger partial charge in [-0.2, -0.15) is 0 Å². The van der Waals surface area contributed by atoms with E-state index in [0.717, 1.165) is 29.5 Å². The zero-order valence-corrected chi connectivity index (χ0v) is 10.7. The first-order valence-electron chi connectivity index (χ1n) is 6.66. The zero-order chi connectivity index (χ0) is 13.5. The molecule has 4 nitrogen and oxygen atoms in total. The van der Waals surface area contributed by atoms with Gasteiger partial charge in [0.25, 0.3) is 0 Å². The minimum absolute atomic E-state index is 0.220. The van der Waals surface area contributed by atoms with E-state index in [9.17, 15) is 4.79 Å². The maximum absolute atomic E-state index is 12.1. The number of carbonyl (C=O) groups is 1. The lowest BCUT2D eigenvalue weighted by Gasteiger charge is -1.96. The summed E-state index contributed by atoms with van der Waals surface area (Å²) in [5, 5.41) is 0. The van der Waals surface area contributed by atoms with Gasteiger partial charge in [0.05, 0.1) is 5.56 Å². The number of rotatable bonds is 3. The van der Waals surface area contributed by atoms with Gasteiger partial charge in [-0.15, -0.1) is 0 Å². The van der Waals surface area contributed by atoms with E-state index in [4.69, 9.17) is 4.42 Å². The standard InChI is InChI=1S/C16H12N2O2/c19-15(10-3-4-10)11-5-6-14-13(8-11)18-16(20-14)12-2-1-7-17-9-12/h1-2,5-10H,3-4H2. The van der Waals surface area contributed by atoms with Gasteiger partial charge in [0, 0.05) is 23.9 Å². The van der Waals surface area contributed by atoms with Crippen LogP contribution in [-0.2, 0) is 0 Å². The van der Waals surface area contributed by atoms with Crippen molar-refractivity contribution in [3.8, 4) is 11.5 Å². The molecule has 4 heteroatoms. The van der Waals surface area contributed by atoms with Crippen LogP contribution in [0.1, 0.15) is 23.2 Å². The summed E-state index contributed by atoms with van der Waals surface area (Å²) in [6.45, 7) is 0. The molecule has 4 rings (SSSR count). The van der Waals surface area contributed by atoms with Crippen LogP contribution in [0.2, 0.25) is 0 Å². The summed E-state index contributed by atoms with van der Waals surface area (Å²) in [6.07, 6.45) is 5.44. The number of aromatic nitrogens is 2. The van der Waals surface area contributed by atoms with Gasteiger partial charge >= 0.3 is 0 Å². The molecule has 0 aliphatic heterocycles. The average molecular weight is 264 g/mol. The summed E-state index contributed by atoms with van der Waals surface area (Å²) in [5.41, 5.74) is 2.97. The second-order valence-corrected chi connectivity index (χ2v) is 5.08. The van der Waals surface area contributed by atoms with Crippen molar-refractivity contribution in [1.29, 1.82) is 0 Å². The topological polar surface area (TPSA) is 56.0 Å². The molecule has 2 aromatic heterocycles. The molecule has 1 fully saturated rings. The van der Waals surface area contributed by atoms with Gasteiger partial charge in [-0.1, -0.05) is 0 Å². The Balaban J connectivity index is 1.77. The lowest BCUT2D eigenvalue weighted by Crippen LogP contribution is -2.00. The monoisotopic (exact) mass is 264 g/mol. The van der Waals surface area contributed by atoms with Crippen LogP contribution < -0.4 is 0 Å². The molecular formula is C16H12N2O2. The van der Waals surface area contributed by atoms with Crippen molar-refractivity contribution >= 4 is 16.9 Å². The molecule has 1 aliphatic rings. The van der Waals surface area contributed by atoms with Crippen molar-refractivity contribution in [3.05, 3.63) is 48.3 Å². The third kappa shape index (κ3) is 1.90. The number of benzene rings is 1. The van der Waals surface area contributed by atoms with Crippen LogP contribution in [0.25, 0.3) is 22.6 Å². The Labute approximate surface area is 115 Å². The quantitative estimate of drug-likeness (QED) is 0.679. The molecular weight excluding hydrogens is 252 g/mol. The molecule has 0 N–H and O–H groups in total. The summed E-state index contributed by atoms with van der Waals surface area (Å²) in [6, 6.07) is 9.19. The molecule has 1 aliphatic carbocycles. The summed E-state index contributed by atoms with van der Waals surface area (Å²) >= 11 is 0. The number of hydrogen-bond donors (Lipinski definition) is 0. The van der Waals surface area contributed by atoms with Crippen molar-refractivity contribution in [2.45, 2.75) is 12.8 Å². The average Bonchev–Trinajstić information content (AvgIpc) is 3.25. The Bertz CT molecular complexity index is 789. The Morgan fingerprint density at radius 3 is 2.90 bits per heavy atom. The predicted octanol–water partition coefficient (Wildman–Crippen LogP) is 3.48. The lowest BCUT2D eigenvalue weighted by molar-refractivity contribution is 0.0968. The predicted molar refractivity (Wildman–Crippen MR) is 74.3 cm³/mol. The summed E-state index contributed by atoms with van der Waals surface area (Å²) in [7, 11) is 0. The Morgan fingerprint density at radius 2 is 2.15 bits per heavy atom. The van der Waals surface area contributed by atoms with E-state index in [1.165, 1.54) is 0 Å². The number of oxazole rings is 1. The largest absolute Gasteiger partial charge is 0.436 e. The van der Waals surface area contributed by atoms with Crippen LogP contribution in [0, 0.1) is 5.92 Å². The van der Waals surface area contributed by atoms with E-state index in [1.807, 2.05) is 30.3 Å². The normalized spacial score (nSPS) is 14.6. The number of hydrogen-bond acceptors (Lipinski definition) is 4. The van der Waals surface area contributed by atoms with Crippen molar-refractivity contribution in [3.63, 3.8) is 0 Å². The molecule has 0 spiro atoms. The molecule has 2 heterocycles. The van der Waals surface area contributed by atoms with Crippen LogP contribution in [0.5, 0.6) is 0 Å². The highest BCUT2D eigenvalue weighted by Gasteiger charge is 2.30. The Kier molecular flexibility index (Phi) is 2.42. The van der Waals surface area contributed by atoms with Crippen molar-refractivity contribution < 1.29 is 9.21 Å². The third-order valence-electron chi connectivity index (χ3n) is 3.53. The first-order valence-corrected chi connectivity index (χ1v) is 6.66. The number of fused-ring (bicyclic) bond motifs is 1. The first kappa shape index (κ1) is 11.3. The highest BCUT2D eigenvalue weighted by molar-refractivity contribution is 6.01. The Hall–Kier alpha value is -2.49. The van der Waals surface area contributed by atoms with Gasteiger partial charge < -0.3 is 4.42 Å². The summed E-state index contributed by atoms with van der Waals surface area (Å²) < 4.78 is 5.70. The van der Waals surface area contributed by atoms with E-state index in [2.05, 4.69) is 9.97 Å². The van der Waals surface area contributed by atoms with Gasteiger partial charge in [0.15, 0.2) is 11.4 Å². The number of Topliss-reactive ketones (excluding diaryl/α,β-unsaturated/α-hetero) is 1. The maximum atomic E-state index is 12.1. The summed E-state index contributed by atoms with van der Waals surface area (Å²) in [4.78, 5) is 20.6. The molecule has 3 aromatic rings. The Morgan fingerprint density at radius 1 is 1.25 bits per heavy atom. The molecule has 0 bridgehead atoms. The van der Waals surface area contributed by atoms with Crippen LogP contribution in [0.3, 0.4) is 0 Å². The van der Waals surface area contributed by atoms with Crippen molar-refractivity contribution in [2.24, 2.45) is 5.92 Å². The molecule has 1 saturated carbocycles. The number of pyridine rings is 1. The highest BCUT2D eigenvalue weighted by atomic mass is 16.3. The smallest absolute Gasteiger partial charge is 0.228 e. The second kappa shape index (κ2) is 4.27. The van der Waals surface area contributed by atoms with Crippen LogP contribution >= 0.6 is 0 Å². The number of ketones is 1. The molecule has 98 valence electrons. The lowest BCUT2D eigenvalue weighted by atomic mass is 10.1. The van der Waals surface area contributed by atoms with E-state index < -0.39 is 0 Å². The van der Waals surface area contributed by atoms with Crippen LogP contribution in [0.4, 0.5) is 0 Å². The highest BCUT2D eigenvalue weighted by Crippen LogP contribution is 2.33. The van der Waals surface area contributed by atoms with Crippen LogP contribution in [0.15, 0.2) is 47.1 Å². The van der Waals surface area contributed by atoms with E-state index in [1.54, 1.807) is 12.4 Å². The van der Waals surface area contributed by atoms with E-state index in [-0.39, 0.29) is 11.7 Å². The zero-order valence-electron chi connectivity index (χ0n) is 10.7. The number of carbonyl (C=O) groups excluding carboxylic acids is 1. The molecule has 0 radical (unpaired) electrons. The van der Waals surface area contributed by atoms with Gasteiger partial charge in [-0.05, 0) is 43.2 Å². The van der Waals surface area contributed by atoms with Gasteiger partial charge in [0.2, 0.25) is 5.89 Å². The van der Waals surface area contributed by atoms with Crippen molar-refractivity contribution in [1.82, 2.24) is 9.97 Å². The molecule has 0 amide bonds. The summed E-state index contributed by atoms with van der Waals surface area (Å²) in [5.74, 6) is 0.971. The third-order valence-corrected chi connectivity index (χ3v) is 3.53. The van der Waals surface area contributed by atoms with Gasteiger partial charge in [-0.3, -0.25) is 9.78 Å². The first-order chi connectivity index (χ1) is 9.81. The van der Waals surface area contributed by atoms with E-state index in [0.29, 0.717) is 11.5 Å². The van der Waals surface area contributed by atoms with Gasteiger partial charge in [0.1, 0.15) is 5.52 Å². The molecule has 0 atom stereocenters. The molecule has 0 unspecified atom stereocenters. The molecule has 0 saturated heterocycles. The SMILES string of the molecule is O=C(c1ccc2oc(-c3cccnc3)nc2c1)C1CC1. The minimum Gasteiger partial charge on any atom is -0.436 e. The van der Waals surface area contributed by atoms with E-state index >= 15 is 0 Å². The van der Waals surface area contributed by atoms with Gasteiger partial charge in [-0.25, -0.2) is 4.98 Å². The fraction of sp³-hybridized carbons (Fsp3) is 0.188. The van der Waals surface area contributed by atoms with Crippen LogP contribution in [-0.4, -0.2) is 15.8 Å². The van der Waals surface area contributed by atoms with Crippen molar-refractivity contribution in [2.75, 3.05) is 0 Å². The fourth-order valence-corrected chi connectivity index (χ4v) is 2.27. The second-order valence-electron chi connectivity index (χ2n) is 5.08. The maximum Gasteiger partial charge on any atom is 0.228 e. The molecule has 1 aromatic carbocycles. The fourth-order valence-electron chi connectivity index (χ4n) is 2.27. The number of nitrogens with zero attached hydrogens (tertiary/aromatic N) is 2.